The number of benzene rings is 3. The number of likely N-dealkylation sites (tertiary alicyclic amines) is 1. The van der Waals surface area contributed by atoms with Crippen LogP contribution in [0, 0.1) is 11.3 Å². The zero-order valence-corrected chi connectivity index (χ0v) is 30.4. The fourth-order valence-electron chi connectivity index (χ4n) is 10.1. The molecule has 9 nitrogen and oxygen atoms in total. The van der Waals surface area contributed by atoms with Crippen LogP contribution in [0.15, 0.2) is 71.6 Å². The number of methoxy groups -OCH3 is 1. The van der Waals surface area contributed by atoms with Crippen LogP contribution in [-0.2, 0) is 21.4 Å². The van der Waals surface area contributed by atoms with Gasteiger partial charge in [-0.15, -0.1) is 0 Å². The zero-order valence-electron chi connectivity index (χ0n) is 29.6. The minimum Gasteiger partial charge on any atom is -0.497 e. The minimum atomic E-state index is -4.06. The third-order valence-corrected chi connectivity index (χ3v) is 14.1. The number of aromatic nitrogens is 1. The van der Waals surface area contributed by atoms with Crippen LogP contribution in [0.1, 0.15) is 84.7 Å². The van der Waals surface area contributed by atoms with E-state index in [2.05, 4.69) is 45.3 Å². The number of likely N-dealkylation sites (N-methyl/N-ethyl adjacent to an activating group) is 1. The number of piperidine rings is 1. The predicted octanol–water partition coefficient (Wildman–Crippen LogP) is 6.52. The van der Waals surface area contributed by atoms with Crippen molar-refractivity contribution in [3.63, 3.8) is 0 Å². The Morgan fingerprint density at radius 1 is 0.961 bits per heavy atom. The quantitative estimate of drug-likeness (QED) is 0.224. The van der Waals surface area contributed by atoms with Gasteiger partial charge in [-0.2, -0.15) is 0 Å². The lowest BCUT2D eigenvalue weighted by molar-refractivity contribution is -0.177. The topological polar surface area (TPSA) is 101 Å². The van der Waals surface area contributed by atoms with Gasteiger partial charge in [0.25, 0.3) is 15.9 Å². The molecule has 2 amide bonds. The van der Waals surface area contributed by atoms with Crippen LogP contribution >= 0.6 is 0 Å². The van der Waals surface area contributed by atoms with Crippen molar-refractivity contribution in [2.45, 2.75) is 86.7 Å². The summed E-state index contributed by atoms with van der Waals surface area (Å²) in [6.07, 6.45) is 8.76. The van der Waals surface area contributed by atoms with E-state index in [1.165, 1.54) is 48.9 Å². The number of hydrogen-bond acceptors (Lipinski definition) is 6. The van der Waals surface area contributed by atoms with Gasteiger partial charge in [0.05, 0.1) is 23.1 Å². The van der Waals surface area contributed by atoms with Gasteiger partial charge in [0.15, 0.2) is 0 Å². The second-order valence-corrected chi connectivity index (χ2v) is 17.6. The summed E-state index contributed by atoms with van der Waals surface area (Å²) in [7, 11) is 1.81. The van der Waals surface area contributed by atoms with Gasteiger partial charge in [-0.1, -0.05) is 43.5 Å². The van der Waals surface area contributed by atoms with Crippen molar-refractivity contribution < 1.29 is 22.7 Å². The van der Waals surface area contributed by atoms with Gasteiger partial charge < -0.3 is 19.1 Å². The first kappa shape index (κ1) is 32.7. The molecule has 0 spiro atoms. The number of sulfonamides is 1. The van der Waals surface area contributed by atoms with Gasteiger partial charge in [0.1, 0.15) is 5.75 Å². The Morgan fingerprint density at radius 2 is 1.75 bits per heavy atom. The molecule has 4 aromatic rings. The molecule has 3 aromatic carbocycles. The molecule has 1 saturated heterocycles. The van der Waals surface area contributed by atoms with Crippen LogP contribution in [0.3, 0.4) is 0 Å². The maximum absolute atomic E-state index is 15.1. The number of ether oxygens (including phenoxy) is 1. The van der Waals surface area contributed by atoms with Crippen molar-refractivity contribution in [3.8, 4) is 17.0 Å². The molecule has 9 rings (SSSR count). The number of nitrogens with one attached hydrogen (secondary N) is 1. The number of carbonyl (C=O) groups excluding carboxylic acids is 2. The molecular formula is C41H46N4O5S. The SMILES string of the molecule is COc1ccc2c(c1)C1CC1(C(=O)N1C3CCC3C1CN(C)C)Cn1c-2c(C2CCCCC2)c2ccc(C(=O)NS(=O)(=O)c3ccccc3)cc21. The summed E-state index contributed by atoms with van der Waals surface area (Å²) in [5.74, 6) is 1.36. The number of rotatable bonds is 8. The highest BCUT2D eigenvalue weighted by molar-refractivity contribution is 7.90. The lowest BCUT2D eigenvalue weighted by Crippen LogP contribution is -2.73. The molecule has 2 aliphatic heterocycles. The summed E-state index contributed by atoms with van der Waals surface area (Å²) in [5, 5.41) is 1.08. The van der Waals surface area contributed by atoms with Crippen LogP contribution in [0.2, 0.25) is 0 Å². The highest BCUT2D eigenvalue weighted by atomic mass is 32.2. The Kier molecular flexibility index (Phi) is 7.67. The number of carbonyl (C=O) groups is 2. The second kappa shape index (κ2) is 12.0. The van der Waals surface area contributed by atoms with Gasteiger partial charge in [-0.05, 0) is 106 Å². The van der Waals surface area contributed by atoms with E-state index in [4.69, 9.17) is 4.74 Å². The molecule has 5 unspecified atom stereocenters. The second-order valence-electron chi connectivity index (χ2n) is 15.9. The van der Waals surface area contributed by atoms with E-state index < -0.39 is 21.3 Å². The van der Waals surface area contributed by atoms with Crippen LogP contribution < -0.4 is 9.46 Å². The molecule has 5 atom stereocenters. The molecule has 10 heteroatoms. The molecule has 3 saturated carbocycles. The van der Waals surface area contributed by atoms with Crippen molar-refractivity contribution in [1.29, 1.82) is 0 Å². The van der Waals surface area contributed by atoms with E-state index in [1.807, 2.05) is 18.2 Å². The Bertz CT molecular complexity index is 2170. The number of fused-ring (bicyclic) bond motifs is 8. The molecule has 5 aliphatic rings. The minimum absolute atomic E-state index is 0.0371. The van der Waals surface area contributed by atoms with Crippen LogP contribution in [0.4, 0.5) is 0 Å². The Hall–Kier alpha value is -4.15. The van der Waals surface area contributed by atoms with Crippen LogP contribution in [0.25, 0.3) is 22.2 Å². The molecule has 0 radical (unpaired) electrons. The number of nitrogens with zero attached hydrogens (tertiary/aromatic N) is 3. The van der Waals surface area contributed by atoms with Crippen molar-refractivity contribution >= 4 is 32.7 Å². The van der Waals surface area contributed by atoms with Gasteiger partial charge in [0.2, 0.25) is 5.91 Å². The Labute approximate surface area is 300 Å². The van der Waals surface area contributed by atoms with E-state index in [1.54, 1.807) is 31.4 Å². The molecule has 4 fully saturated rings. The molecule has 3 aliphatic carbocycles. The summed E-state index contributed by atoms with van der Waals surface area (Å²) >= 11 is 0. The summed E-state index contributed by atoms with van der Waals surface area (Å²) < 4.78 is 36.7. The standard InChI is InChI=1S/C41H46N4O5S/c1-43(2)23-36-30-18-19-34(30)45(36)40(47)41-22-33(41)32-21-27(50-3)15-17-29(32)38-37(25-10-6-4-7-11-25)31-16-14-26(20-35(31)44(38)24-41)39(46)42-51(48,49)28-12-8-5-9-13-28/h5,8-9,12-17,20-21,25,30,33-34,36H,4,6-7,10-11,18-19,22-24H2,1-3H3,(H,42,46). The summed E-state index contributed by atoms with van der Waals surface area (Å²) in [4.78, 5) is 33.3. The summed E-state index contributed by atoms with van der Waals surface area (Å²) in [6.45, 7) is 1.38. The predicted molar refractivity (Wildman–Crippen MR) is 196 cm³/mol. The monoisotopic (exact) mass is 706 g/mol. The highest BCUT2D eigenvalue weighted by Gasteiger charge is 2.68. The molecule has 0 bridgehead atoms. The third kappa shape index (κ3) is 5.07. The van der Waals surface area contributed by atoms with Gasteiger partial charge in [-0.3, -0.25) is 9.59 Å². The molecule has 1 N–H and O–H groups in total. The smallest absolute Gasteiger partial charge is 0.265 e. The third-order valence-electron chi connectivity index (χ3n) is 12.8. The molecular weight excluding hydrogens is 661 g/mol. The van der Waals surface area contributed by atoms with E-state index in [0.29, 0.717) is 24.4 Å². The average Bonchev–Trinajstić information content (AvgIpc) is 3.79. The molecule has 3 heterocycles. The molecule has 266 valence electrons. The molecule has 51 heavy (non-hydrogen) atoms. The number of amides is 2. The lowest BCUT2D eigenvalue weighted by atomic mass is 9.64. The van der Waals surface area contributed by atoms with Crippen LogP contribution in [0.5, 0.6) is 5.75 Å². The fourth-order valence-corrected chi connectivity index (χ4v) is 11.1. The van der Waals surface area contributed by atoms with Crippen molar-refractivity contribution in [1.82, 2.24) is 19.1 Å². The highest BCUT2D eigenvalue weighted by Crippen LogP contribution is 2.67. The maximum Gasteiger partial charge on any atom is 0.265 e. The maximum atomic E-state index is 15.1. The van der Waals surface area contributed by atoms with Crippen LogP contribution in [-0.4, -0.2) is 74.4 Å². The zero-order chi connectivity index (χ0) is 35.2. The van der Waals surface area contributed by atoms with Crippen molar-refractivity contribution in [2.75, 3.05) is 27.7 Å². The fraction of sp³-hybridized carbons (Fsp3) is 0.463. The normalized spacial score (nSPS) is 26.5. The van der Waals surface area contributed by atoms with E-state index in [-0.39, 0.29) is 28.3 Å². The first-order valence-electron chi connectivity index (χ1n) is 18.6. The Balaban J connectivity index is 1.20. The van der Waals surface area contributed by atoms with E-state index in [9.17, 15) is 13.2 Å². The van der Waals surface area contributed by atoms with E-state index in [0.717, 1.165) is 60.1 Å². The van der Waals surface area contributed by atoms with Crippen molar-refractivity contribution in [3.05, 3.63) is 83.4 Å². The number of hydrogen-bond donors (Lipinski definition) is 1. The first-order valence-corrected chi connectivity index (χ1v) is 20.0. The van der Waals surface area contributed by atoms with E-state index >= 15 is 4.79 Å². The Morgan fingerprint density at radius 3 is 2.45 bits per heavy atom. The average molecular weight is 707 g/mol. The molecule has 1 aromatic heterocycles. The summed E-state index contributed by atoms with van der Waals surface area (Å²) in [5.41, 5.74) is 5.28. The van der Waals surface area contributed by atoms with Gasteiger partial charge in [0, 0.05) is 59.0 Å². The van der Waals surface area contributed by atoms with Crippen molar-refractivity contribution in [2.24, 2.45) is 11.3 Å². The lowest BCUT2D eigenvalue weighted by Gasteiger charge is -2.63. The van der Waals surface area contributed by atoms with Gasteiger partial charge in [-0.25, -0.2) is 13.1 Å². The largest absolute Gasteiger partial charge is 0.497 e. The summed E-state index contributed by atoms with van der Waals surface area (Å²) in [6, 6.07) is 20.5. The van der Waals surface area contributed by atoms with Gasteiger partial charge >= 0.3 is 0 Å². The first-order chi connectivity index (χ1) is 24.6.